The molecule has 0 radical (unpaired) electrons. The van der Waals surface area contributed by atoms with Crippen molar-refractivity contribution in [2.24, 2.45) is 0 Å². The SMILES string of the molecule is CCOc1cccc2c1C(=O)N(O[Si](C)(C)C(C)(C)C)C2=O. The minimum Gasteiger partial charge on any atom is -0.493 e. The summed E-state index contributed by atoms with van der Waals surface area (Å²) in [5, 5.41) is 0.815. The minimum atomic E-state index is -2.29. The van der Waals surface area contributed by atoms with Gasteiger partial charge in [0, 0.05) is 0 Å². The highest BCUT2D eigenvalue weighted by atomic mass is 28.4. The van der Waals surface area contributed by atoms with E-state index >= 15 is 0 Å². The van der Waals surface area contributed by atoms with Crippen LogP contribution >= 0.6 is 0 Å². The molecule has 0 N–H and O–H groups in total. The summed E-state index contributed by atoms with van der Waals surface area (Å²) < 4.78 is 11.4. The van der Waals surface area contributed by atoms with Crippen LogP contribution in [0.25, 0.3) is 0 Å². The van der Waals surface area contributed by atoms with Crippen molar-refractivity contribution in [3.63, 3.8) is 0 Å². The standard InChI is InChI=1S/C16H23NO4Si/c1-7-20-12-10-8-9-11-13(12)15(19)17(14(11)18)21-22(5,6)16(2,3)4/h8-10H,7H2,1-6H3. The lowest BCUT2D eigenvalue weighted by atomic mass is 10.1. The lowest BCUT2D eigenvalue weighted by Gasteiger charge is -2.37. The molecule has 2 rings (SSSR count). The van der Waals surface area contributed by atoms with Crippen LogP contribution in [0.2, 0.25) is 18.1 Å². The fourth-order valence-electron chi connectivity index (χ4n) is 1.96. The average Bonchev–Trinajstić information content (AvgIpc) is 2.64. The summed E-state index contributed by atoms with van der Waals surface area (Å²) in [6.45, 7) is 12.4. The third-order valence-corrected chi connectivity index (χ3v) is 8.52. The van der Waals surface area contributed by atoms with E-state index in [1.54, 1.807) is 18.2 Å². The van der Waals surface area contributed by atoms with Gasteiger partial charge in [-0.3, -0.25) is 9.59 Å². The molecule has 1 aliphatic heterocycles. The van der Waals surface area contributed by atoms with Crippen molar-refractivity contribution in [3.8, 4) is 5.75 Å². The molecule has 0 fully saturated rings. The molecule has 1 aromatic rings. The Morgan fingerprint density at radius 2 is 1.77 bits per heavy atom. The summed E-state index contributed by atoms with van der Waals surface area (Å²) in [6, 6.07) is 5.04. The van der Waals surface area contributed by atoms with Gasteiger partial charge in [-0.05, 0) is 37.2 Å². The second kappa shape index (κ2) is 5.51. The third-order valence-electron chi connectivity index (χ3n) is 4.26. The number of hydrogen-bond acceptors (Lipinski definition) is 4. The molecular weight excluding hydrogens is 298 g/mol. The van der Waals surface area contributed by atoms with E-state index in [1.165, 1.54) is 0 Å². The first kappa shape index (κ1) is 16.7. The Morgan fingerprint density at radius 1 is 1.14 bits per heavy atom. The van der Waals surface area contributed by atoms with Gasteiger partial charge in [0.25, 0.3) is 11.8 Å². The number of nitrogens with zero attached hydrogens (tertiary/aromatic N) is 1. The maximum Gasteiger partial charge on any atom is 0.288 e. The second-order valence-corrected chi connectivity index (χ2v) is 11.6. The second-order valence-electron chi connectivity index (χ2n) is 6.87. The summed E-state index contributed by atoms with van der Waals surface area (Å²) in [7, 11) is -2.29. The Morgan fingerprint density at radius 3 is 2.32 bits per heavy atom. The smallest absolute Gasteiger partial charge is 0.288 e. The molecule has 5 nitrogen and oxygen atoms in total. The molecule has 0 atom stereocenters. The number of rotatable bonds is 4. The fourth-order valence-corrected chi connectivity index (χ4v) is 2.85. The van der Waals surface area contributed by atoms with Crippen LogP contribution in [-0.2, 0) is 4.53 Å². The predicted octanol–water partition coefficient (Wildman–Crippen LogP) is 3.62. The van der Waals surface area contributed by atoms with E-state index in [0.29, 0.717) is 23.5 Å². The van der Waals surface area contributed by atoms with Crippen LogP contribution in [0.3, 0.4) is 0 Å². The first-order valence-electron chi connectivity index (χ1n) is 7.44. The van der Waals surface area contributed by atoms with Gasteiger partial charge in [-0.15, -0.1) is 0 Å². The highest BCUT2D eigenvalue weighted by Crippen LogP contribution is 2.39. The number of ether oxygens (including phenoxy) is 1. The Labute approximate surface area is 132 Å². The van der Waals surface area contributed by atoms with Crippen molar-refractivity contribution in [1.82, 2.24) is 5.06 Å². The molecule has 1 heterocycles. The van der Waals surface area contributed by atoms with E-state index in [2.05, 4.69) is 20.8 Å². The Bertz CT molecular complexity index is 619. The van der Waals surface area contributed by atoms with Crippen molar-refractivity contribution in [1.29, 1.82) is 0 Å². The van der Waals surface area contributed by atoms with Gasteiger partial charge in [0.2, 0.25) is 8.32 Å². The van der Waals surface area contributed by atoms with E-state index in [1.807, 2.05) is 20.0 Å². The minimum absolute atomic E-state index is 0.106. The molecule has 0 saturated heterocycles. The van der Waals surface area contributed by atoms with E-state index in [4.69, 9.17) is 9.26 Å². The van der Waals surface area contributed by atoms with Gasteiger partial charge in [0.15, 0.2) is 0 Å². The van der Waals surface area contributed by atoms with Gasteiger partial charge in [-0.25, -0.2) is 0 Å². The number of benzene rings is 1. The average molecular weight is 321 g/mol. The Kier molecular flexibility index (Phi) is 4.19. The van der Waals surface area contributed by atoms with Crippen LogP contribution in [0.15, 0.2) is 18.2 Å². The Hall–Kier alpha value is -1.66. The molecule has 0 aromatic heterocycles. The van der Waals surface area contributed by atoms with Crippen LogP contribution < -0.4 is 4.74 Å². The van der Waals surface area contributed by atoms with Gasteiger partial charge < -0.3 is 9.26 Å². The van der Waals surface area contributed by atoms with Crippen molar-refractivity contribution in [3.05, 3.63) is 29.3 Å². The van der Waals surface area contributed by atoms with Crippen molar-refractivity contribution < 1.29 is 18.9 Å². The molecule has 6 heteroatoms. The molecule has 0 saturated carbocycles. The van der Waals surface area contributed by atoms with Crippen LogP contribution in [-0.4, -0.2) is 31.8 Å². The molecule has 1 aliphatic rings. The fraction of sp³-hybridized carbons (Fsp3) is 0.500. The van der Waals surface area contributed by atoms with Crippen LogP contribution in [0.5, 0.6) is 5.75 Å². The molecule has 0 aliphatic carbocycles. The number of amides is 2. The molecule has 22 heavy (non-hydrogen) atoms. The van der Waals surface area contributed by atoms with Gasteiger partial charge in [0.05, 0.1) is 17.7 Å². The zero-order valence-electron chi connectivity index (χ0n) is 14.0. The summed E-state index contributed by atoms with van der Waals surface area (Å²) in [6.07, 6.45) is 0. The summed E-state index contributed by atoms with van der Waals surface area (Å²) in [4.78, 5) is 25.1. The van der Waals surface area contributed by atoms with Crippen molar-refractivity contribution >= 4 is 20.1 Å². The third kappa shape index (κ3) is 2.68. The Balaban J connectivity index is 2.38. The lowest BCUT2D eigenvalue weighted by Crippen LogP contribution is -2.48. The van der Waals surface area contributed by atoms with E-state index in [9.17, 15) is 9.59 Å². The molecule has 120 valence electrons. The number of carbonyl (C=O) groups excluding carboxylic acids is 2. The first-order valence-corrected chi connectivity index (χ1v) is 10.3. The number of carbonyl (C=O) groups is 2. The molecule has 0 unspecified atom stereocenters. The molecule has 0 bridgehead atoms. The molecule has 2 amide bonds. The quantitative estimate of drug-likeness (QED) is 0.628. The van der Waals surface area contributed by atoms with Crippen LogP contribution in [0.4, 0.5) is 0 Å². The van der Waals surface area contributed by atoms with E-state index in [0.717, 1.165) is 5.06 Å². The van der Waals surface area contributed by atoms with Crippen LogP contribution in [0, 0.1) is 0 Å². The predicted molar refractivity (Wildman–Crippen MR) is 86.4 cm³/mol. The highest BCUT2D eigenvalue weighted by molar-refractivity contribution is 6.74. The van der Waals surface area contributed by atoms with E-state index < -0.39 is 20.1 Å². The lowest BCUT2D eigenvalue weighted by molar-refractivity contribution is -0.0231. The normalized spacial score (nSPS) is 15.3. The molecule has 0 spiro atoms. The van der Waals surface area contributed by atoms with Gasteiger partial charge in [0.1, 0.15) is 5.75 Å². The van der Waals surface area contributed by atoms with Gasteiger partial charge >= 0.3 is 0 Å². The topological polar surface area (TPSA) is 55.8 Å². The summed E-state index contributed by atoms with van der Waals surface area (Å²) >= 11 is 0. The number of hydrogen-bond donors (Lipinski definition) is 0. The first-order chi connectivity index (χ1) is 10.1. The zero-order valence-corrected chi connectivity index (χ0v) is 15.0. The maximum atomic E-state index is 12.6. The summed E-state index contributed by atoms with van der Waals surface area (Å²) in [5.41, 5.74) is 0.641. The van der Waals surface area contributed by atoms with Crippen LogP contribution in [0.1, 0.15) is 48.4 Å². The van der Waals surface area contributed by atoms with E-state index in [-0.39, 0.29) is 5.04 Å². The summed E-state index contributed by atoms with van der Waals surface area (Å²) in [5.74, 6) is -0.417. The van der Waals surface area contributed by atoms with Gasteiger partial charge in [-0.2, -0.15) is 5.06 Å². The largest absolute Gasteiger partial charge is 0.493 e. The van der Waals surface area contributed by atoms with Crippen molar-refractivity contribution in [2.75, 3.05) is 6.61 Å². The number of imide groups is 1. The van der Waals surface area contributed by atoms with Crippen molar-refractivity contribution in [2.45, 2.75) is 45.8 Å². The highest BCUT2D eigenvalue weighted by Gasteiger charge is 2.46. The maximum absolute atomic E-state index is 12.6. The number of fused-ring (bicyclic) bond motifs is 1. The van der Waals surface area contributed by atoms with Gasteiger partial charge in [-0.1, -0.05) is 26.8 Å². The number of hydroxylamine groups is 2. The zero-order chi connectivity index (χ0) is 16.7. The monoisotopic (exact) mass is 321 g/mol. The molecule has 1 aromatic carbocycles. The molecular formula is C16H23NO4Si.